The third-order valence-corrected chi connectivity index (χ3v) is 7.08. The summed E-state index contributed by atoms with van der Waals surface area (Å²) in [4.78, 5) is 33.9. The van der Waals surface area contributed by atoms with E-state index in [-0.39, 0.29) is 11.5 Å². The number of carbonyl (C=O) groups is 1. The highest BCUT2D eigenvalue weighted by Gasteiger charge is 2.23. The van der Waals surface area contributed by atoms with Gasteiger partial charge in [0.1, 0.15) is 10.7 Å². The molecule has 0 radical (unpaired) electrons. The molecule has 0 atom stereocenters. The Morgan fingerprint density at radius 1 is 1.20 bits per heavy atom. The minimum absolute atomic E-state index is 0.0101. The van der Waals surface area contributed by atoms with E-state index >= 15 is 0 Å². The Hall–Kier alpha value is -2.51. The van der Waals surface area contributed by atoms with Crippen molar-refractivity contribution in [3.8, 4) is 0 Å². The largest absolute Gasteiger partial charge is 0.347 e. The van der Waals surface area contributed by atoms with Crippen LogP contribution in [0.25, 0.3) is 10.2 Å². The zero-order valence-corrected chi connectivity index (χ0v) is 18.6. The summed E-state index contributed by atoms with van der Waals surface area (Å²) in [6, 6.07) is 8.37. The normalized spacial score (nSPS) is 13.2. The van der Waals surface area contributed by atoms with Gasteiger partial charge in [-0.2, -0.15) is 0 Å². The van der Waals surface area contributed by atoms with Gasteiger partial charge in [-0.25, -0.2) is 4.98 Å². The van der Waals surface area contributed by atoms with Crippen LogP contribution in [-0.2, 0) is 26.1 Å². The number of nitrogens with zero attached hydrogens (tertiary/aromatic N) is 3. The summed E-state index contributed by atoms with van der Waals surface area (Å²) in [5.41, 5.74) is 3.06. The van der Waals surface area contributed by atoms with Crippen LogP contribution in [0.3, 0.4) is 0 Å². The fraction of sp³-hybridized carbons (Fsp3) is 0.435. The Kier molecular flexibility index (Phi) is 6.01. The summed E-state index contributed by atoms with van der Waals surface area (Å²) in [5, 5.41) is 3.59. The summed E-state index contributed by atoms with van der Waals surface area (Å²) in [5.74, 6) is 0.692. The summed E-state index contributed by atoms with van der Waals surface area (Å²) >= 11 is 1.32. The molecule has 3 aromatic rings. The number of carbonyl (C=O) groups excluding carboxylic acids is 1. The van der Waals surface area contributed by atoms with Crippen LogP contribution in [0.1, 0.15) is 52.5 Å². The van der Waals surface area contributed by atoms with Crippen molar-refractivity contribution >= 4 is 27.5 Å². The average molecular weight is 425 g/mol. The van der Waals surface area contributed by atoms with E-state index in [1.165, 1.54) is 16.9 Å². The molecule has 3 heterocycles. The fourth-order valence-electron chi connectivity index (χ4n) is 4.02. The second-order valence-electron chi connectivity index (χ2n) is 7.79. The molecule has 1 aliphatic heterocycles. The van der Waals surface area contributed by atoms with Crippen molar-refractivity contribution in [2.75, 3.05) is 13.1 Å². The molecule has 30 heavy (non-hydrogen) atoms. The molecule has 2 aromatic heterocycles. The lowest BCUT2D eigenvalue weighted by atomic mass is 10.1. The van der Waals surface area contributed by atoms with E-state index in [4.69, 9.17) is 0 Å². The molecule has 0 unspecified atom stereocenters. The highest BCUT2D eigenvalue weighted by molar-refractivity contribution is 7.20. The van der Waals surface area contributed by atoms with Gasteiger partial charge >= 0.3 is 0 Å². The quantitative estimate of drug-likeness (QED) is 0.631. The zero-order chi connectivity index (χ0) is 21.3. The fourth-order valence-corrected chi connectivity index (χ4v) is 5.13. The zero-order valence-electron chi connectivity index (χ0n) is 17.8. The van der Waals surface area contributed by atoms with Crippen molar-refractivity contribution < 1.29 is 4.79 Å². The lowest BCUT2D eigenvalue weighted by molar-refractivity contribution is 0.0954. The maximum absolute atomic E-state index is 12.8. The standard InChI is InChI=1S/C23H28N4O2S/c1-4-26(5-2)14-17-10-8-16(9-11-17)13-24-21(28)20-15(3)19-22(30-20)25-18-7-6-12-27(18)23(19)29/h8-11H,4-7,12-14H2,1-3H3,(H,24,28). The number of amides is 1. The van der Waals surface area contributed by atoms with Gasteiger partial charge in [-0.3, -0.25) is 19.1 Å². The lowest BCUT2D eigenvalue weighted by Gasteiger charge is -2.18. The molecule has 7 heteroatoms. The van der Waals surface area contributed by atoms with Gasteiger partial charge in [-0.15, -0.1) is 11.3 Å². The van der Waals surface area contributed by atoms with Crippen LogP contribution in [0.2, 0.25) is 0 Å². The van der Waals surface area contributed by atoms with Gasteiger partial charge in [0.25, 0.3) is 11.5 Å². The van der Waals surface area contributed by atoms with Crippen molar-refractivity contribution in [2.24, 2.45) is 0 Å². The van der Waals surface area contributed by atoms with E-state index in [9.17, 15) is 9.59 Å². The molecule has 6 nitrogen and oxygen atoms in total. The number of aromatic nitrogens is 2. The molecular weight excluding hydrogens is 396 g/mol. The summed E-state index contributed by atoms with van der Waals surface area (Å²) in [6.45, 7) is 10.4. The smallest absolute Gasteiger partial charge is 0.262 e. The molecule has 0 fully saturated rings. The van der Waals surface area contributed by atoms with Crippen LogP contribution in [-0.4, -0.2) is 33.4 Å². The van der Waals surface area contributed by atoms with Crippen molar-refractivity contribution in [3.63, 3.8) is 0 Å². The first-order valence-electron chi connectivity index (χ1n) is 10.6. The number of fused-ring (bicyclic) bond motifs is 2. The van der Waals surface area contributed by atoms with E-state index in [1.807, 2.05) is 6.92 Å². The number of hydrogen-bond acceptors (Lipinski definition) is 5. The van der Waals surface area contributed by atoms with Crippen LogP contribution in [0.15, 0.2) is 29.1 Å². The highest BCUT2D eigenvalue weighted by Crippen LogP contribution is 2.28. The minimum atomic E-state index is -0.146. The van der Waals surface area contributed by atoms with Gasteiger partial charge in [-0.05, 0) is 43.1 Å². The molecule has 1 aliphatic rings. The van der Waals surface area contributed by atoms with Crippen LogP contribution >= 0.6 is 11.3 Å². The number of aryl methyl sites for hydroxylation is 2. The molecule has 0 saturated heterocycles. The number of thiophene rings is 1. The predicted octanol–water partition coefficient (Wildman–Crippen LogP) is 3.48. The van der Waals surface area contributed by atoms with E-state index < -0.39 is 0 Å². The minimum Gasteiger partial charge on any atom is -0.347 e. The first-order chi connectivity index (χ1) is 14.5. The first-order valence-corrected chi connectivity index (χ1v) is 11.4. The van der Waals surface area contributed by atoms with Gasteiger partial charge < -0.3 is 5.32 Å². The molecule has 1 amide bonds. The molecule has 0 bridgehead atoms. The molecule has 0 saturated carbocycles. The Morgan fingerprint density at radius 3 is 2.60 bits per heavy atom. The van der Waals surface area contributed by atoms with E-state index in [0.717, 1.165) is 56.0 Å². The van der Waals surface area contributed by atoms with Crippen molar-refractivity contribution in [1.29, 1.82) is 0 Å². The Labute approximate surface area is 180 Å². The first kappa shape index (κ1) is 20.8. The average Bonchev–Trinajstić information content (AvgIpc) is 3.36. The van der Waals surface area contributed by atoms with Gasteiger partial charge in [0.05, 0.1) is 10.3 Å². The Balaban J connectivity index is 1.47. The van der Waals surface area contributed by atoms with Crippen molar-refractivity contribution in [1.82, 2.24) is 19.8 Å². The monoisotopic (exact) mass is 424 g/mol. The highest BCUT2D eigenvalue weighted by atomic mass is 32.1. The number of benzene rings is 1. The van der Waals surface area contributed by atoms with Crippen LogP contribution < -0.4 is 10.9 Å². The maximum Gasteiger partial charge on any atom is 0.262 e. The summed E-state index contributed by atoms with van der Waals surface area (Å²) in [6.07, 6.45) is 1.79. The molecule has 0 spiro atoms. The van der Waals surface area contributed by atoms with Crippen LogP contribution in [0.4, 0.5) is 0 Å². The molecule has 0 aliphatic carbocycles. The van der Waals surface area contributed by atoms with Gasteiger partial charge in [0.2, 0.25) is 0 Å². The molecule has 1 N–H and O–H groups in total. The Bertz CT molecular complexity index is 1130. The number of rotatable bonds is 7. The topological polar surface area (TPSA) is 67.2 Å². The van der Waals surface area contributed by atoms with Gasteiger partial charge in [-0.1, -0.05) is 38.1 Å². The van der Waals surface area contributed by atoms with Gasteiger partial charge in [0.15, 0.2) is 0 Å². The SMILES string of the molecule is CCN(CC)Cc1ccc(CNC(=O)c2sc3nc4n(c(=O)c3c2C)CCC4)cc1. The van der Waals surface area contributed by atoms with Crippen LogP contribution in [0, 0.1) is 6.92 Å². The van der Waals surface area contributed by atoms with E-state index in [0.29, 0.717) is 21.6 Å². The second kappa shape index (κ2) is 8.70. The number of hydrogen-bond donors (Lipinski definition) is 1. The summed E-state index contributed by atoms with van der Waals surface area (Å²) in [7, 11) is 0. The lowest BCUT2D eigenvalue weighted by Crippen LogP contribution is -2.23. The molecule has 4 rings (SSSR count). The second-order valence-corrected chi connectivity index (χ2v) is 8.78. The maximum atomic E-state index is 12.8. The van der Waals surface area contributed by atoms with Gasteiger partial charge in [0, 0.05) is 26.1 Å². The van der Waals surface area contributed by atoms with Crippen molar-refractivity contribution in [2.45, 2.75) is 53.2 Å². The molecule has 1 aromatic carbocycles. The van der Waals surface area contributed by atoms with E-state index in [1.54, 1.807) is 4.57 Å². The number of nitrogens with one attached hydrogen (secondary N) is 1. The van der Waals surface area contributed by atoms with E-state index in [2.05, 4.69) is 53.3 Å². The third-order valence-electron chi connectivity index (χ3n) is 5.89. The Morgan fingerprint density at radius 2 is 1.90 bits per heavy atom. The molecule has 158 valence electrons. The predicted molar refractivity (Wildman–Crippen MR) is 121 cm³/mol. The third kappa shape index (κ3) is 3.91. The van der Waals surface area contributed by atoms with Crippen molar-refractivity contribution in [3.05, 3.63) is 62.0 Å². The summed E-state index contributed by atoms with van der Waals surface area (Å²) < 4.78 is 1.75. The molecular formula is C23H28N4O2S. The van der Waals surface area contributed by atoms with Crippen LogP contribution in [0.5, 0.6) is 0 Å².